The maximum Gasteiger partial charge on any atom is 0.119 e. The Morgan fingerprint density at radius 3 is 2.43 bits per heavy atom. The van der Waals surface area contributed by atoms with Crippen molar-refractivity contribution >= 4 is 0 Å². The van der Waals surface area contributed by atoms with Gasteiger partial charge in [-0.05, 0) is 58.2 Å². The molecule has 1 fully saturated rings. The molecule has 0 saturated carbocycles. The summed E-state index contributed by atoms with van der Waals surface area (Å²) in [5.41, 5.74) is 7.33. The zero-order valence-electron chi connectivity index (χ0n) is 13.9. The second-order valence-corrected chi connectivity index (χ2v) is 6.53. The van der Waals surface area contributed by atoms with Crippen LogP contribution in [0.3, 0.4) is 0 Å². The molecule has 1 saturated heterocycles. The van der Waals surface area contributed by atoms with Crippen LogP contribution >= 0.6 is 0 Å². The molecule has 1 aromatic rings. The number of benzene rings is 1. The first-order valence-electron chi connectivity index (χ1n) is 8.27. The Balaban J connectivity index is 2.12. The van der Waals surface area contributed by atoms with Gasteiger partial charge in [-0.3, -0.25) is 4.90 Å². The molecule has 1 aromatic carbocycles. The van der Waals surface area contributed by atoms with Gasteiger partial charge in [0.2, 0.25) is 0 Å². The van der Waals surface area contributed by atoms with Gasteiger partial charge in [0.05, 0.1) is 6.10 Å². The van der Waals surface area contributed by atoms with Crippen LogP contribution in [0.5, 0.6) is 5.75 Å². The number of rotatable bonds is 5. The molecule has 1 heterocycles. The number of hydrogen-bond acceptors (Lipinski definition) is 3. The van der Waals surface area contributed by atoms with Crippen LogP contribution < -0.4 is 10.5 Å². The van der Waals surface area contributed by atoms with E-state index >= 15 is 0 Å². The molecule has 1 aliphatic rings. The van der Waals surface area contributed by atoms with Gasteiger partial charge in [-0.15, -0.1) is 0 Å². The molecule has 3 atom stereocenters. The molecule has 0 bridgehead atoms. The van der Waals surface area contributed by atoms with Crippen LogP contribution in [0.2, 0.25) is 0 Å². The smallest absolute Gasteiger partial charge is 0.119 e. The minimum atomic E-state index is 0.219. The van der Waals surface area contributed by atoms with Gasteiger partial charge < -0.3 is 10.5 Å². The lowest BCUT2D eigenvalue weighted by Gasteiger charge is -2.44. The van der Waals surface area contributed by atoms with Gasteiger partial charge in [0.15, 0.2) is 0 Å². The second-order valence-electron chi connectivity index (χ2n) is 6.53. The van der Waals surface area contributed by atoms with Crippen LogP contribution in [0.4, 0.5) is 0 Å². The summed E-state index contributed by atoms with van der Waals surface area (Å²) in [6.45, 7) is 9.48. The average molecular weight is 290 g/mol. The Morgan fingerprint density at radius 1 is 1.19 bits per heavy atom. The van der Waals surface area contributed by atoms with E-state index < -0.39 is 0 Å². The minimum Gasteiger partial charge on any atom is -0.491 e. The Kier molecular flexibility index (Phi) is 5.65. The van der Waals surface area contributed by atoms with E-state index in [4.69, 9.17) is 10.5 Å². The summed E-state index contributed by atoms with van der Waals surface area (Å²) in [6, 6.07) is 10.1. The lowest BCUT2D eigenvalue weighted by molar-refractivity contribution is 0.0570. The highest BCUT2D eigenvalue weighted by Crippen LogP contribution is 2.32. The third-order valence-electron chi connectivity index (χ3n) is 4.54. The first-order valence-corrected chi connectivity index (χ1v) is 8.27. The van der Waals surface area contributed by atoms with Crippen molar-refractivity contribution in [2.75, 3.05) is 6.54 Å². The molecule has 2 rings (SSSR count). The lowest BCUT2D eigenvalue weighted by atomic mass is 9.92. The van der Waals surface area contributed by atoms with Gasteiger partial charge in [0.25, 0.3) is 0 Å². The van der Waals surface area contributed by atoms with Crippen LogP contribution in [0.15, 0.2) is 24.3 Å². The maximum atomic E-state index is 5.99. The Morgan fingerprint density at radius 2 is 1.86 bits per heavy atom. The summed E-state index contributed by atoms with van der Waals surface area (Å²) >= 11 is 0. The minimum absolute atomic E-state index is 0.219. The van der Waals surface area contributed by atoms with Crippen molar-refractivity contribution in [2.24, 2.45) is 5.73 Å². The van der Waals surface area contributed by atoms with Crippen LogP contribution in [0, 0.1) is 0 Å². The van der Waals surface area contributed by atoms with E-state index in [9.17, 15) is 0 Å². The summed E-state index contributed by atoms with van der Waals surface area (Å²) in [4.78, 5) is 2.60. The van der Waals surface area contributed by atoms with Gasteiger partial charge in [-0.1, -0.05) is 18.6 Å². The van der Waals surface area contributed by atoms with Gasteiger partial charge in [0, 0.05) is 24.7 Å². The second kappa shape index (κ2) is 7.28. The van der Waals surface area contributed by atoms with Crippen molar-refractivity contribution in [1.82, 2.24) is 4.90 Å². The fourth-order valence-electron chi connectivity index (χ4n) is 3.51. The van der Waals surface area contributed by atoms with Gasteiger partial charge in [0.1, 0.15) is 5.75 Å². The van der Waals surface area contributed by atoms with E-state index in [0.29, 0.717) is 18.1 Å². The van der Waals surface area contributed by atoms with E-state index in [0.717, 1.165) is 12.3 Å². The maximum absolute atomic E-state index is 5.99. The molecular formula is C18H30N2O. The molecule has 0 spiro atoms. The number of hydrogen-bond donors (Lipinski definition) is 1. The van der Waals surface area contributed by atoms with Gasteiger partial charge >= 0.3 is 0 Å². The zero-order valence-corrected chi connectivity index (χ0v) is 13.9. The highest BCUT2D eigenvalue weighted by Gasteiger charge is 2.31. The summed E-state index contributed by atoms with van der Waals surface area (Å²) in [7, 11) is 0. The average Bonchev–Trinajstić information content (AvgIpc) is 2.46. The fourth-order valence-corrected chi connectivity index (χ4v) is 3.51. The number of nitrogens with two attached hydrogens (primary N) is 1. The monoisotopic (exact) mass is 290 g/mol. The molecule has 1 aliphatic heterocycles. The molecule has 21 heavy (non-hydrogen) atoms. The number of nitrogens with zero attached hydrogens (tertiary/aromatic N) is 1. The van der Waals surface area contributed by atoms with Crippen molar-refractivity contribution < 1.29 is 4.74 Å². The van der Waals surface area contributed by atoms with E-state index in [2.05, 4.69) is 56.9 Å². The number of piperidine rings is 1. The molecule has 3 heteroatoms. The summed E-state index contributed by atoms with van der Waals surface area (Å²) in [5.74, 6) is 0.947. The van der Waals surface area contributed by atoms with Crippen molar-refractivity contribution in [3.8, 4) is 5.75 Å². The summed E-state index contributed by atoms with van der Waals surface area (Å²) in [6.07, 6.45) is 4.01. The van der Waals surface area contributed by atoms with Crippen LogP contribution in [0.25, 0.3) is 0 Å². The third-order valence-corrected chi connectivity index (χ3v) is 4.54. The van der Waals surface area contributed by atoms with Gasteiger partial charge in [-0.2, -0.15) is 0 Å². The summed E-state index contributed by atoms with van der Waals surface area (Å²) in [5, 5.41) is 0. The number of likely N-dealkylation sites (tertiary alicyclic amines) is 1. The van der Waals surface area contributed by atoms with E-state index in [1.807, 2.05) is 0 Å². The lowest BCUT2D eigenvalue weighted by Crippen LogP contribution is -2.49. The Bertz CT molecular complexity index is 429. The molecule has 118 valence electrons. The molecule has 0 amide bonds. The molecule has 3 unspecified atom stereocenters. The van der Waals surface area contributed by atoms with Crippen molar-refractivity contribution in [2.45, 2.75) is 71.2 Å². The third kappa shape index (κ3) is 3.98. The predicted molar refractivity (Wildman–Crippen MR) is 88.6 cm³/mol. The van der Waals surface area contributed by atoms with Crippen molar-refractivity contribution in [3.05, 3.63) is 29.8 Å². The van der Waals surface area contributed by atoms with Gasteiger partial charge in [-0.25, -0.2) is 0 Å². The molecule has 2 N–H and O–H groups in total. The first kappa shape index (κ1) is 16.3. The molecular weight excluding hydrogens is 260 g/mol. The SMILES string of the molecule is CC(C)Oc1ccc(C(C)N2C(C)CCCC2CN)cc1. The zero-order chi connectivity index (χ0) is 15.4. The quantitative estimate of drug-likeness (QED) is 0.898. The molecule has 0 aromatic heterocycles. The van der Waals surface area contributed by atoms with E-state index in [-0.39, 0.29) is 6.10 Å². The van der Waals surface area contributed by atoms with Crippen molar-refractivity contribution in [1.29, 1.82) is 0 Å². The molecule has 3 nitrogen and oxygen atoms in total. The van der Waals surface area contributed by atoms with Crippen molar-refractivity contribution in [3.63, 3.8) is 0 Å². The van der Waals surface area contributed by atoms with E-state index in [1.54, 1.807) is 0 Å². The highest BCUT2D eigenvalue weighted by molar-refractivity contribution is 5.29. The largest absolute Gasteiger partial charge is 0.491 e. The Labute approximate surface area is 129 Å². The standard InChI is InChI=1S/C18H30N2O/c1-13(2)21-18-10-8-16(9-11-18)15(4)20-14(3)6-5-7-17(20)12-19/h8-11,13-15,17H,5-7,12,19H2,1-4H3. The Hall–Kier alpha value is -1.06. The van der Waals surface area contributed by atoms with Crippen LogP contribution in [-0.2, 0) is 0 Å². The summed E-state index contributed by atoms with van der Waals surface area (Å²) < 4.78 is 5.72. The predicted octanol–water partition coefficient (Wildman–Crippen LogP) is 3.74. The molecule has 0 radical (unpaired) electrons. The van der Waals surface area contributed by atoms with E-state index in [1.165, 1.54) is 24.8 Å². The highest BCUT2D eigenvalue weighted by atomic mass is 16.5. The first-order chi connectivity index (χ1) is 10.0. The fraction of sp³-hybridized carbons (Fsp3) is 0.667. The normalized spacial score (nSPS) is 25.0. The topological polar surface area (TPSA) is 38.5 Å². The van der Waals surface area contributed by atoms with Crippen LogP contribution in [-0.4, -0.2) is 29.6 Å². The molecule has 0 aliphatic carbocycles. The van der Waals surface area contributed by atoms with Crippen LogP contribution in [0.1, 0.15) is 58.6 Å². The number of ether oxygens (including phenoxy) is 1.